The van der Waals surface area contributed by atoms with Crippen molar-refractivity contribution in [2.24, 2.45) is 5.92 Å². The molecule has 1 aromatic rings. The third kappa shape index (κ3) is 4.20. The lowest BCUT2D eigenvalue weighted by molar-refractivity contribution is 0.208. The molecule has 0 amide bonds. The van der Waals surface area contributed by atoms with Gasteiger partial charge in [-0.2, -0.15) is 5.26 Å². The Kier molecular flexibility index (Phi) is 5.60. The van der Waals surface area contributed by atoms with Crippen LogP contribution >= 0.6 is 0 Å². The molecule has 4 nitrogen and oxygen atoms in total. The Morgan fingerprint density at radius 1 is 1.48 bits per heavy atom. The van der Waals surface area contributed by atoms with Gasteiger partial charge in [0, 0.05) is 32.3 Å². The van der Waals surface area contributed by atoms with Crippen LogP contribution in [0, 0.1) is 17.2 Å². The number of nitrogens with zero attached hydrogens (tertiary/aromatic N) is 2. The Balaban J connectivity index is 2.14. The van der Waals surface area contributed by atoms with E-state index in [1.54, 1.807) is 0 Å². The topological polar surface area (TPSA) is 59.3 Å². The van der Waals surface area contributed by atoms with Gasteiger partial charge in [0.2, 0.25) is 0 Å². The first-order valence-corrected chi connectivity index (χ1v) is 7.76. The van der Waals surface area contributed by atoms with Gasteiger partial charge in [0.05, 0.1) is 11.3 Å². The molecule has 1 atom stereocenters. The van der Waals surface area contributed by atoms with E-state index in [2.05, 4.69) is 42.3 Å². The Hall–Kier alpha value is -1.57. The van der Waals surface area contributed by atoms with Crippen molar-refractivity contribution in [3.05, 3.63) is 29.3 Å². The minimum Gasteiger partial charge on any atom is -0.396 e. The molecule has 21 heavy (non-hydrogen) atoms. The minimum atomic E-state index is 0.231. The van der Waals surface area contributed by atoms with Crippen molar-refractivity contribution in [1.82, 2.24) is 5.32 Å². The number of aliphatic hydroxyl groups is 1. The first kappa shape index (κ1) is 15.8. The molecule has 1 heterocycles. The van der Waals surface area contributed by atoms with E-state index in [4.69, 9.17) is 0 Å². The number of piperidine rings is 1. The summed E-state index contributed by atoms with van der Waals surface area (Å²) in [5.41, 5.74) is 2.88. The van der Waals surface area contributed by atoms with Crippen LogP contribution < -0.4 is 10.2 Å². The Bertz CT molecular complexity index is 507. The fraction of sp³-hybridized carbons (Fsp3) is 0.588. The normalized spacial score (nSPS) is 18.8. The molecule has 0 aliphatic carbocycles. The van der Waals surface area contributed by atoms with Crippen LogP contribution in [-0.2, 0) is 6.54 Å². The highest BCUT2D eigenvalue weighted by atomic mass is 16.3. The van der Waals surface area contributed by atoms with Gasteiger partial charge >= 0.3 is 0 Å². The lowest BCUT2D eigenvalue weighted by atomic mass is 9.97. The van der Waals surface area contributed by atoms with Crippen LogP contribution in [0.5, 0.6) is 0 Å². The number of nitrogens with one attached hydrogen (secondary N) is 1. The van der Waals surface area contributed by atoms with Crippen LogP contribution in [0.4, 0.5) is 5.69 Å². The molecule has 0 aromatic heterocycles. The first-order valence-electron chi connectivity index (χ1n) is 7.76. The molecule has 1 aromatic carbocycles. The molecular weight excluding hydrogens is 262 g/mol. The molecular formula is C17H25N3O. The molecule has 4 heteroatoms. The molecule has 1 unspecified atom stereocenters. The number of hydrogen-bond donors (Lipinski definition) is 2. The standard InChI is InChI=1S/C17H25N3O/c1-13(2)19-10-14-5-6-17(16(8-14)9-18)20-7-3-4-15(11-20)12-21/h5-6,8,13,15,19,21H,3-4,7,10-12H2,1-2H3. The fourth-order valence-electron chi connectivity index (χ4n) is 2.81. The van der Waals surface area contributed by atoms with E-state index in [9.17, 15) is 10.4 Å². The molecule has 1 aliphatic rings. The van der Waals surface area contributed by atoms with Gasteiger partial charge in [-0.3, -0.25) is 0 Å². The smallest absolute Gasteiger partial charge is 0.101 e. The number of rotatable bonds is 5. The molecule has 114 valence electrons. The average molecular weight is 287 g/mol. The molecule has 2 N–H and O–H groups in total. The van der Waals surface area contributed by atoms with Gasteiger partial charge in [-0.25, -0.2) is 0 Å². The van der Waals surface area contributed by atoms with Crippen LogP contribution in [0.3, 0.4) is 0 Å². The Labute approximate surface area is 127 Å². The number of aliphatic hydroxyl groups excluding tert-OH is 1. The van der Waals surface area contributed by atoms with Gasteiger partial charge in [0.25, 0.3) is 0 Å². The second-order valence-electron chi connectivity index (χ2n) is 6.14. The van der Waals surface area contributed by atoms with E-state index in [1.165, 1.54) is 0 Å². The number of benzene rings is 1. The molecule has 1 saturated heterocycles. The zero-order chi connectivity index (χ0) is 15.2. The maximum Gasteiger partial charge on any atom is 0.101 e. The highest BCUT2D eigenvalue weighted by molar-refractivity contribution is 5.60. The van der Waals surface area contributed by atoms with E-state index < -0.39 is 0 Å². The van der Waals surface area contributed by atoms with Gasteiger partial charge in [-0.15, -0.1) is 0 Å². The van der Waals surface area contributed by atoms with Crippen molar-refractivity contribution in [2.45, 2.75) is 39.3 Å². The van der Waals surface area contributed by atoms with Crippen molar-refractivity contribution >= 4 is 5.69 Å². The van der Waals surface area contributed by atoms with Crippen LogP contribution in [-0.4, -0.2) is 30.8 Å². The fourth-order valence-corrected chi connectivity index (χ4v) is 2.81. The first-order chi connectivity index (χ1) is 10.1. The van der Waals surface area contributed by atoms with E-state index in [-0.39, 0.29) is 6.61 Å². The van der Waals surface area contributed by atoms with E-state index in [0.29, 0.717) is 12.0 Å². The summed E-state index contributed by atoms with van der Waals surface area (Å²) in [6, 6.07) is 8.88. The molecule has 1 fully saturated rings. The lowest BCUT2D eigenvalue weighted by Crippen LogP contribution is -2.37. The monoisotopic (exact) mass is 287 g/mol. The van der Waals surface area contributed by atoms with E-state index >= 15 is 0 Å². The summed E-state index contributed by atoms with van der Waals surface area (Å²) in [4.78, 5) is 2.24. The number of hydrogen-bond acceptors (Lipinski definition) is 4. The van der Waals surface area contributed by atoms with Crippen molar-refractivity contribution in [3.63, 3.8) is 0 Å². The van der Waals surface area contributed by atoms with Gasteiger partial charge < -0.3 is 15.3 Å². The maximum absolute atomic E-state index is 9.43. The quantitative estimate of drug-likeness (QED) is 0.872. The lowest BCUT2D eigenvalue weighted by Gasteiger charge is -2.34. The molecule has 0 saturated carbocycles. The summed E-state index contributed by atoms with van der Waals surface area (Å²) < 4.78 is 0. The maximum atomic E-state index is 9.43. The zero-order valence-corrected chi connectivity index (χ0v) is 13.0. The molecule has 1 aliphatic heterocycles. The second kappa shape index (κ2) is 7.44. The van der Waals surface area contributed by atoms with Gasteiger partial charge in [-0.05, 0) is 36.5 Å². The molecule has 2 rings (SSSR count). The average Bonchev–Trinajstić information content (AvgIpc) is 2.52. The Morgan fingerprint density at radius 2 is 2.29 bits per heavy atom. The summed E-state index contributed by atoms with van der Waals surface area (Å²) in [7, 11) is 0. The second-order valence-corrected chi connectivity index (χ2v) is 6.14. The summed E-state index contributed by atoms with van der Waals surface area (Å²) in [5, 5.41) is 22.1. The molecule has 0 bridgehead atoms. The highest BCUT2D eigenvalue weighted by Gasteiger charge is 2.21. The predicted octanol–water partition coefficient (Wildman–Crippen LogP) is 2.26. The van der Waals surface area contributed by atoms with Crippen molar-refractivity contribution in [1.29, 1.82) is 5.26 Å². The van der Waals surface area contributed by atoms with Gasteiger partial charge in [-0.1, -0.05) is 19.9 Å². The van der Waals surface area contributed by atoms with Crippen molar-refractivity contribution < 1.29 is 5.11 Å². The molecule has 0 radical (unpaired) electrons. The summed E-state index contributed by atoms with van der Waals surface area (Å²) in [6.45, 7) is 7.05. The Morgan fingerprint density at radius 3 is 2.95 bits per heavy atom. The van der Waals surface area contributed by atoms with Crippen LogP contribution in [0.2, 0.25) is 0 Å². The van der Waals surface area contributed by atoms with Gasteiger partial charge in [0.1, 0.15) is 6.07 Å². The number of anilines is 1. The number of nitriles is 1. The summed E-state index contributed by atoms with van der Waals surface area (Å²) >= 11 is 0. The van der Waals surface area contributed by atoms with Gasteiger partial charge in [0.15, 0.2) is 0 Å². The summed E-state index contributed by atoms with van der Waals surface area (Å²) in [6.07, 6.45) is 2.15. The SMILES string of the molecule is CC(C)NCc1ccc(N2CCCC(CO)C2)c(C#N)c1. The van der Waals surface area contributed by atoms with Crippen molar-refractivity contribution in [2.75, 3.05) is 24.6 Å². The van der Waals surface area contributed by atoms with E-state index in [0.717, 1.165) is 49.3 Å². The predicted molar refractivity (Wildman–Crippen MR) is 85.2 cm³/mol. The third-order valence-corrected chi connectivity index (χ3v) is 4.01. The largest absolute Gasteiger partial charge is 0.396 e. The summed E-state index contributed by atoms with van der Waals surface area (Å²) in [5.74, 6) is 0.326. The van der Waals surface area contributed by atoms with Crippen molar-refractivity contribution in [3.8, 4) is 6.07 Å². The third-order valence-electron chi connectivity index (χ3n) is 4.01. The molecule has 0 spiro atoms. The minimum absolute atomic E-state index is 0.231. The van der Waals surface area contributed by atoms with Crippen LogP contribution in [0.25, 0.3) is 0 Å². The van der Waals surface area contributed by atoms with E-state index in [1.807, 2.05) is 6.07 Å². The zero-order valence-electron chi connectivity index (χ0n) is 13.0. The highest BCUT2D eigenvalue weighted by Crippen LogP contribution is 2.27. The van der Waals surface area contributed by atoms with Crippen LogP contribution in [0.15, 0.2) is 18.2 Å². The van der Waals surface area contributed by atoms with Crippen LogP contribution in [0.1, 0.15) is 37.8 Å².